The van der Waals surface area contributed by atoms with Gasteiger partial charge in [0, 0.05) is 5.56 Å². The Morgan fingerprint density at radius 2 is 2.00 bits per heavy atom. The summed E-state index contributed by atoms with van der Waals surface area (Å²) in [5, 5.41) is 0. The highest BCUT2D eigenvalue weighted by molar-refractivity contribution is 7.91. The molecule has 1 nitrogen and oxygen atoms in total. The summed E-state index contributed by atoms with van der Waals surface area (Å²) < 4.78 is 11.5. The van der Waals surface area contributed by atoms with Crippen LogP contribution in [0.1, 0.15) is 18.1 Å². The highest BCUT2D eigenvalue weighted by atomic mass is 32.2. The van der Waals surface area contributed by atoms with E-state index in [4.69, 9.17) is 0 Å². The Morgan fingerprint density at radius 1 is 1.33 bits per heavy atom. The molecule has 0 bridgehead atoms. The molecule has 0 aliphatic carbocycles. The Labute approximate surface area is 77.0 Å². The van der Waals surface area contributed by atoms with E-state index in [1.165, 1.54) is 5.56 Å². The Kier molecular flexibility index (Phi) is 3.18. The molecule has 0 amide bonds. The predicted molar refractivity (Wildman–Crippen MR) is 52.9 cm³/mol. The fourth-order valence-corrected chi connectivity index (χ4v) is 2.17. The molecule has 66 valence electrons. The van der Waals surface area contributed by atoms with E-state index < -0.39 is 11.2 Å². The summed E-state index contributed by atoms with van der Waals surface area (Å²) in [6, 6.07) is 5.96. The number of hydrogen-bond donors (Lipinski definition) is 0. The third-order valence-corrected chi connectivity index (χ3v) is 3.52. The van der Waals surface area contributed by atoms with Crippen LogP contribution in [0.5, 0.6) is 0 Å². The van der Waals surface area contributed by atoms with Crippen molar-refractivity contribution in [3.63, 3.8) is 0 Å². The van der Waals surface area contributed by atoms with Crippen LogP contribution in [0.2, 0.25) is 0 Å². The molecule has 0 fully saturated rings. The van der Waals surface area contributed by atoms with Crippen LogP contribution in [0.3, 0.4) is 0 Å². The van der Waals surface area contributed by atoms with Crippen molar-refractivity contribution < 1.29 is 4.55 Å². The molecule has 0 aromatic heterocycles. The highest BCUT2D eigenvalue weighted by Gasteiger charge is 2.11. The molecule has 0 radical (unpaired) electrons. The summed E-state index contributed by atoms with van der Waals surface area (Å²) >= 11 is -0.812. The van der Waals surface area contributed by atoms with Gasteiger partial charge in [0.1, 0.15) is 5.75 Å². The van der Waals surface area contributed by atoms with Crippen molar-refractivity contribution in [2.45, 2.75) is 25.7 Å². The van der Waals surface area contributed by atoms with Crippen molar-refractivity contribution >= 4 is 11.2 Å². The minimum absolute atomic E-state index is 0.699. The summed E-state index contributed by atoms with van der Waals surface area (Å²) in [5.74, 6) is 0.699. The quantitative estimate of drug-likeness (QED) is 0.644. The van der Waals surface area contributed by atoms with Crippen molar-refractivity contribution in [3.8, 4) is 0 Å². The molecule has 1 atom stereocenters. The second-order valence-electron chi connectivity index (χ2n) is 2.83. The summed E-state index contributed by atoms with van der Waals surface area (Å²) in [4.78, 5) is 0.984. The first kappa shape index (κ1) is 9.62. The average Bonchev–Trinajstić information content (AvgIpc) is 2.08. The second kappa shape index (κ2) is 3.97. The normalized spacial score (nSPS) is 13.0. The van der Waals surface area contributed by atoms with E-state index in [0.29, 0.717) is 5.75 Å². The smallest absolute Gasteiger partial charge is 0.155 e. The van der Waals surface area contributed by atoms with Crippen molar-refractivity contribution in [2.24, 2.45) is 0 Å². The lowest BCUT2D eigenvalue weighted by molar-refractivity contribution is 0.595. The fraction of sp³-hybridized carbons (Fsp3) is 0.400. The van der Waals surface area contributed by atoms with E-state index in [0.717, 1.165) is 10.5 Å². The van der Waals surface area contributed by atoms with Crippen molar-refractivity contribution in [2.75, 3.05) is 5.75 Å². The average molecular weight is 182 g/mol. The van der Waals surface area contributed by atoms with Crippen LogP contribution >= 0.6 is 0 Å². The van der Waals surface area contributed by atoms with Gasteiger partial charge in [0.25, 0.3) is 0 Å². The topological polar surface area (TPSA) is 23.1 Å². The van der Waals surface area contributed by atoms with E-state index in [-0.39, 0.29) is 0 Å². The maximum absolute atomic E-state index is 11.5. The van der Waals surface area contributed by atoms with Gasteiger partial charge < -0.3 is 4.55 Å². The van der Waals surface area contributed by atoms with Gasteiger partial charge in [-0.1, -0.05) is 12.1 Å². The lowest BCUT2D eigenvalue weighted by Gasteiger charge is -2.11. The van der Waals surface area contributed by atoms with Crippen molar-refractivity contribution in [1.29, 1.82) is 0 Å². The zero-order chi connectivity index (χ0) is 9.14. The van der Waals surface area contributed by atoms with E-state index in [9.17, 15) is 4.55 Å². The minimum Gasteiger partial charge on any atom is -0.611 e. The Balaban J connectivity index is 3.07. The van der Waals surface area contributed by atoms with Crippen LogP contribution in [0, 0.1) is 13.8 Å². The van der Waals surface area contributed by atoms with Crippen molar-refractivity contribution in [1.82, 2.24) is 0 Å². The van der Waals surface area contributed by atoms with Gasteiger partial charge in [-0.3, -0.25) is 0 Å². The fourth-order valence-electron chi connectivity index (χ4n) is 1.13. The molecule has 12 heavy (non-hydrogen) atoms. The van der Waals surface area contributed by atoms with Gasteiger partial charge in [0.2, 0.25) is 0 Å². The summed E-state index contributed by atoms with van der Waals surface area (Å²) in [6.07, 6.45) is 0. The predicted octanol–water partition coefficient (Wildman–Crippen LogP) is 2.43. The number of benzene rings is 1. The number of aryl methyl sites for hydroxylation is 1. The Morgan fingerprint density at radius 3 is 2.58 bits per heavy atom. The molecule has 0 heterocycles. The second-order valence-corrected chi connectivity index (χ2v) is 4.54. The molecule has 1 rings (SSSR count). The van der Waals surface area contributed by atoms with Gasteiger partial charge in [0.05, 0.1) is 0 Å². The molecule has 1 unspecified atom stereocenters. The van der Waals surface area contributed by atoms with Crippen molar-refractivity contribution in [3.05, 3.63) is 29.3 Å². The SMILES string of the molecule is CC[S+]([O-])c1cccc(C)c1C. The van der Waals surface area contributed by atoms with E-state index >= 15 is 0 Å². The van der Waals surface area contributed by atoms with Gasteiger partial charge >= 0.3 is 0 Å². The molecule has 1 aromatic rings. The van der Waals surface area contributed by atoms with Crippen LogP contribution in [-0.2, 0) is 11.2 Å². The third kappa shape index (κ3) is 1.82. The maximum Gasteiger partial charge on any atom is 0.155 e. The summed E-state index contributed by atoms with van der Waals surface area (Å²) in [7, 11) is 0. The van der Waals surface area contributed by atoms with E-state index in [1.54, 1.807) is 0 Å². The molecule has 0 aliphatic heterocycles. The molecule has 0 saturated carbocycles. The Bertz CT molecular complexity index is 271. The molecule has 0 N–H and O–H groups in total. The standard InChI is InChI=1S/C10H14OS/c1-4-12(11)10-7-5-6-8(2)9(10)3/h5-7H,4H2,1-3H3. The molecule has 0 spiro atoms. The molecule has 1 aromatic carbocycles. The molecule has 0 aliphatic rings. The van der Waals surface area contributed by atoms with Gasteiger partial charge in [0.15, 0.2) is 4.90 Å². The van der Waals surface area contributed by atoms with Gasteiger partial charge in [-0.2, -0.15) is 0 Å². The van der Waals surface area contributed by atoms with Crippen LogP contribution in [0.15, 0.2) is 23.1 Å². The van der Waals surface area contributed by atoms with Crippen LogP contribution in [0.4, 0.5) is 0 Å². The lowest BCUT2D eigenvalue weighted by atomic mass is 10.1. The van der Waals surface area contributed by atoms with Crippen LogP contribution in [-0.4, -0.2) is 10.3 Å². The highest BCUT2D eigenvalue weighted by Crippen LogP contribution is 2.18. The zero-order valence-electron chi connectivity index (χ0n) is 7.76. The third-order valence-electron chi connectivity index (χ3n) is 2.06. The molecule has 0 saturated heterocycles. The first-order chi connectivity index (χ1) is 5.66. The number of rotatable bonds is 2. The minimum atomic E-state index is -0.812. The van der Waals surface area contributed by atoms with Gasteiger partial charge in [-0.15, -0.1) is 0 Å². The molecule has 2 heteroatoms. The molecular weight excluding hydrogens is 168 g/mol. The van der Waals surface area contributed by atoms with Gasteiger partial charge in [-0.25, -0.2) is 0 Å². The zero-order valence-corrected chi connectivity index (χ0v) is 8.57. The number of hydrogen-bond acceptors (Lipinski definition) is 1. The first-order valence-corrected chi connectivity index (χ1v) is 5.43. The summed E-state index contributed by atoms with van der Waals surface area (Å²) in [6.45, 7) is 6.02. The van der Waals surface area contributed by atoms with Crippen LogP contribution in [0.25, 0.3) is 0 Å². The first-order valence-electron chi connectivity index (χ1n) is 4.11. The molecular formula is C10H14OS. The van der Waals surface area contributed by atoms with E-state index in [1.807, 2.05) is 39.0 Å². The summed E-state index contributed by atoms with van der Waals surface area (Å²) in [5.41, 5.74) is 2.38. The van der Waals surface area contributed by atoms with E-state index in [2.05, 4.69) is 0 Å². The van der Waals surface area contributed by atoms with Gasteiger partial charge in [-0.05, 0) is 43.6 Å². The maximum atomic E-state index is 11.5. The lowest BCUT2D eigenvalue weighted by Crippen LogP contribution is -2.06. The van der Waals surface area contributed by atoms with Crippen LogP contribution < -0.4 is 0 Å². The largest absolute Gasteiger partial charge is 0.611 e. The monoisotopic (exact) mass is 182 g/mol. The Hall–Kier alpha value is -0.470.